The number of nitrogens with two attached hydrogens (primary N) is 1. The highest BCUT2D eigenvalue weighted by molar-refractivity contribution is 7.91. The van der Waals surface area contributed by atoms with Gasteiger partial charge in [0.15, 0.2) is 9.84 Å². The molecule has 0 aliphatic carbocycles. The molecule has 2 aliphatic rings. The monoisotopic (exact) mass is 537 g/mol. The fraction of sp³-hybridized carbons (Fsp3) is 0.417. The number of anilines is 2. The number of alkyl halides is 3. The van der Waals surface area contributed by atoms with Gasteiger partial charge in [-0.15, -0.1) is 13.2 Å². The molecule has 2 fully saturated rings. The summed E-state index contributed by atoms with van der Waals surface area (Å²) in [5.41, 5.74) is 8.64. The number of nitrogens with zero attached hydrogens (tertiary/aromatic N) is 3. The number of carbonyl (C=O) groups is 1. The maximum atomic E-state index is 13.0. The van der Waals surface area contributed by atoms with E-state index in [2.05, 4.69) is 14.7 Å². The normalized spacial score (nSPS) is 18.8. The first-order chi connectivity index (χ1) is 17.5. The first-order valence-electron chi connectivity index (χ1n) is 11.9. The largest absolute Gasteiger partial charge is 0.573 e. The number of likely N-dealkylation sites (tertiary alicyclic amines) is 1. The average Bonchev–Trinajstić information content (AvgIpc) is 3.26. The number of nitrogen functional groups attached to an aromatic ring is 1. The van der Waals surface area contributed by atoms with Gasteiger partial charge in [-0.05, 0) is 42.5 Å². The number of ether oxygens (including phenoxy) is 1. The first-order valence-corrected chi connectivity index (χ1v) is 13.7. The number of piperidine rings is 1. The zero-order valence-electron chi connectivity index (χ0n) is 19.8. The standard InChI is InChI=1S/C24H26F3N5O4S/c25-24(26,27)36-17-1-2-18(21(28)12-17)23(33)32-5-3-15(4-6-32)20-14-30-22-19(20)11-16(13-29-22)31-7-9-37(34,35)10-8-31/h1-2,11-15H,3-10,28H2,(H,29,30). The SMILES string of the molecule is Nc1cc(OC(F)(F)F)ccc1C(=O)N1CCC(c2c[nH]c3ncc(N4CCS(=O)(=O)CC4)cc23)CC1. The number of hydrogen-bond acceptors (Lipinski definition) is 7. The molecule has 3 N–H and O–H groups in total. The number of pyridine rings is 1. The molecule has 0 saturated carbocycles. The molecule has 1 amide bonds. The minimum Gasteiger partial charge on any atom is -0.406 e. The number of carbonyl (C=O) groups excluding carboxylic acids is 1. The van der Waals surface area contributed by atoms with Gasteiger partial charge in [0, 0.05) is 49.5 Å². The number of halogens is 3. The van der Waals surface area contributed by atoms with Crippen LogP contribution in [0.3, 0.4) is 0 Å². The smallest absolute Gasteiger partial charge is 0.406 e. The summed E-state index contributed by atoms with van der Waals surface area (Å²) in [5.74, 6) is -0.382. The molecular weight excluding hydrogens is 511 g/mol. The zero-order valence-corrected chi connectivity index (χ0v) is 20.6. The topological polar surface area (TPSA) is 122 Å². The number of hydrogen-bond donors (Lipinski definition) is 2. The highest BCUT2D eigenvalue weighted by Crippen LogP contribution is 2.35. The van der Waals surface area contributed by atoms with Crippen molar-refractivity contribution in [3.05, 3.63) is 47.8 Å². The lowest BCUT2D eigenvalue weighted by Gasteiger charge is -2.32. The van der Waals surface area contributed by atoms with Crippen molar-refractivity contribution in [1.82, 2.24) is 14.9 Å². The van der Waals surface area contributed by atoms with Crippen LogP contribution in [0.2, 0.25) is 0 Å². The quantitative estimate of drug-likeness (QED) is 0.490. The van der Waals surface area contributed by atoms with Gasteiger partial charge in [0.1, 0.15) is 11.4 Å². The van der Waals surface area contributed by atoms with E-state index in [1.165, 1.54) is 6.07 Å². The molecule has 4 heterocycles. The van der Waals surface area contributed by atoms with Gasteiger partial charge in [0.05, 0.1) is 29.0 Å². The van der Waals surface area contributed by atoms with Crippen molar-refractivity contribution in [2.45, 2.75) is 25.1 Å². The molecule has 0 atom stereocenters. The number of rotatable bonds is 4. The van der Waals surface area contributed by atoms with Crippen molar-refractivity contribution < 1.29 is 31.1 Å². The van der Waals surface area contributed by atoms with E-state index in [9.17, 15) is 26.4 Å². The van der Waals surface area contributed by atoms with Gasteiger partial charge in [-0.2, -0.15) is 0 Å². The van der Waals surface area contributed by atoms with E-state index in [0.29, 0.717) is 39.0 Å². The van der Waals surface area contributed by atoms with Crippen LogP contribution in [0.25, 0.3) is 11.0 Å². The van der Waals surface area contributed by atoms with E-state index in [1.807, 2.05) is 17.2 Å². The molecule has 13 heteroatoms. The molecule has 198 valence electrons. The van der Waals surface area contributed by atoms with Gasteiger partial charge in [0.2, 0.25) is 0 Å². The fourth-order valence-corrected chi connectivity index (χ4v) is 6.19. The van der Waals surface area contributed by atoms with Gasteiger partial charge >= 0.3 is 6.36 Å². The molecule has 37 heavy (non-hydrogen) atoms. The molecule has 2 aromatic heterocycles. The second-order valence-corrected chi connectivity index (χ2v) is 11.6. The Morgan fingerprint density at radius 1 is 1.11 bits per heavy atom. The molecule has 0 radical (unpaired) electrons. The summed E-state index contributed by atoms with van der Waals surface area (Å²) >= 11 is 0. The summed E-state index contributed by atoms with van der Waals surface area (Å²) in [6, 6.07) is 5.37. The third-order valence-corrected chi connectivity index (χ3v) is 8.58. The highest BCUT2D eigenvalue weighted by Gasteiger charge is 2.32. The van der Waals surface area contributed by atoms with Crippen LogP contribution >= 0.6 is 0 Å². The molecule has 5 rings (SSSR count). The van der Waals surface area contributed by atoms with Crippen LogP contribution in [-0.2, 0) is 9.84 Å². The van der Waals surface area contributed by atoms with Gasteiger partial charge in [-0.3, -0.25) is 4.79 Å². The number of amides is 1. The molecule has 3 aromatic rings. The van der Waals surface area contributed by atoms with Gasteiger partial charge in [-0.1, -0.05) is 0 Å². The number of sulfone groups is 1. The molecule has 1 aromatic carbocycles. The van der Waals surface area contributed by atoms with Gasteiger partial charge in [0.25, 0.3) is 5.91 Å². The Morgan fingerprint density at radius 3 is 2.46 bits per heavy atom. The summed E-state index contributed by atoms with van der Waals surface area (Å²) in [7, 11) is -2.98. The Bertz CT molecular complexity index is 1420. The molecule has 2 saturated heterocycles. The summed E-state index contributed by atoms with van der Waals surface area (Å²) in [6.45, 7) is 1.80. The van der Waals surface area contributed by atoms with Crippen LogP contribution in [0.1, 0.15) is 34.7 Å². The molecule has 0 unspecified atom stereocenters. The fourth-order valence-electron chi connectivity index (χ4n) is 4.99. The van der Waals surface area contributed by atoms with Crippen LogP contribution in [0, 0.1) is 0 Å². The summed E-state index contributed by atoms with van der Waals surface area (Å²) in [4.78, 5) is 24.4. The summed E-state index contributed by atoms with van der Waals surface area (Å²) in [6.07, 6.45) is 0.228. The number of fused-ring (bicyclic) bond motifs is 1. The third kappa shape index (κ3) is 5.45. The molecule has 2 aliphatic heterocycles. The number of nitrogens with one attached hydrogen (secondary N) is 1. The minimum atomic E-state index is -4.84. The summed E-state index contributed by atoms with van der Waals surface area (Å²) in [5, 5.41) is 0.972. The van der Waals surface area contributed by atoms with Crippen molar-refractivity contribution >= 4 is 38.2 Å². The number of aromatic amines is 1. The lowest BCUT2D eigenvalue weighted by molar-refractivity contribution is -0.274. The second-order valence-electron chi connectivity index (χ2n) is 9.34. The van der Waals surface area contributed by atoms with Gasteiger partial charge in [-0.25, -0.2) is 13.4 Å². The molecule has 0 bridgehead atoms. The van der Waals surface area contributed by atoms with E-state index < -0.39 is 21.9 Å². The van der Waals surface area contributed by atoms with Crippen molar-refractivity contribution in [2.75, 3.05) is 48.3 Å². The first kappa shape index (κ1) is 25.2. The lowest BCUT2D eigenvalue weighted by atomic mass is 9.89. The van der Waals surface area contributed by atoms with Crippen LogP contribution in [-0.4, -0.2) is 73.2 Å². The zero-order chi connectivity index (χ0) is 26.4. The van der Waals surface area contributed by atoms with Crippen molar-refractivity contribution in [3.8, 4) is 5.75 Å². The van der Waals surface area contributed by atoms with Crippen molar-refractivity contribution in [2.24, 2.45) is 0 Å². The molecule has 9 nitrogen and oxygen atoms in total. The predicted molar refractivity (Wildman–Crippen MR) is 132 cm³/mol. The molecular formula is C24H26F3N5O4S. The van der Waals surface area contributed by atoms with Gasteiger partial charge < -0.3 is 25.3 Å². The number of H-pyrrole nitrogens is 1. The Labute approximate surface area is 211 Å². The Morgan fingerprint density at radius 2 is 1.81 bits per heavy atom. The van der Waals surface area contributed by atoms with Crippen LogP contribution < -0.4 is 15.4 Å². The lowest BCUT2D eigenvalue weighted by Crippen LogP contribution is -2.40. The molecule has 0 spiro atoms. The summed E-state index contributed by atoms with van der Waals surface area (Å²) < 4.78 is 64.8. The van der Waals surface area contributed by atoms with Crippen LogP contribution in [0.15, 0.2) is 36.7 Å². The maximum absolute atomic E-state index is 13.0. The minimum absolute atomic E-state index is 0.0744. The van der Waals surface area contributed by atoms with E-state index in [-0.39, 0.29) is 34.6 Å². The van der Waals surface area contributed by atoms with Crippen molar-refractivity contribution in [3.63, 3.8) is 0 Å². The second kappa shape index (κ2) is 9.43. The van der Waals surface area contributed by atoms with E-state index >= 15 is 0 Å². The van der Waals surface area contributed by atoms with E-state index in [4.69, 9.17) is 5.73 Å². The van der Waals surface area contributed by atoms with Crippen molar-refractivity contribution in [1.29, 1.82) is 0 Å². The van der Waals surface area contributed by atoms with E-state index in [1.54, 1.807) is 11.1 Å². The van der Waals surface area contributed by atoms with E-state index in [0.717, 1.165) is 34.4 Å². The van der Waals surface area contributed by atoms with Crippen LogP contribution in [0.4, 0.5) is 24.5 Å². The Balaban J connectivity index is 1.27. The number of benzene rings is 1. The maximum Gasteiger partial charge on any atom is 0.573 e. The number of aromatic nitrogens is 2. The highest BCUT2D eigenvalue weighted by atomic mass is 32.2. The third-order valence-electron chi connectivity index (χ3n) is 6.97. The Kier molecular flexibility index (Phi) is 6.42. The average molecular weight is 538 g/mol. The van der Waals surface area contributed by atoms with Crippen LogP contribution in [0.5, 0.6) is 5.75 Å². The Hall–Kier alpha value is -3.48. The predicted octanol–water partition coefficient (Wildman–Crippen LogP) is 3.30.